The molecular weight excluding hydrogens is 252 g/mol. The van der Waals surface area contributed by atoms with E-state index in [1.165, 1.54) is 0 Å². The maximum absolute atomic E-state index is 12.1. The van der Waals surface area contributed by atoms with Gasteiger partial charge in [0.05, 0.1) is 6.54 Å². The molecule has 106 valence electrons. The Kier molecular flexibility index (Phi) is 3.63. The molecule has 3 unspecified atom stereocenters. The number of nitrogen functional groups attached to an aromatic ring is 1. The van der Waals surface area contributed by atoms with Crippen LogP contribution in [-0.4, -0.2) is 19.1 Å². The molecule has 0 aliphatic heterocycles. The average molecular weight is 272 g/mol. The van der Waals surface area contributed by atoms with Crippen LogP contribution in [0, 0.1) is 17.8 Å². The van der Waals surface area contributed by atoms with E-state index in [0.717, 1.165) is 18.6 Å². The van der Waals surface area contributed by atoms with Gasteiger partial charge in [0.2, 0.25) is 5.91 Å². The molecule has 1 fully saturated rings. The average Bonchev–Trinajstić information content (AvgIpc) is 3.06. The summed E-state index contributed by atoms with van der Waals surface area (Å²) < 4.78 is 5.55. The number of allylic oxidation sites excluding steroid dienone is 2. The van der Waals surface area contributed by atoms with Gasteiger partial charge in [0.15, 0.2) is 0 Å². The first-order valence-corrected chi connectivity index (χ1v) is 7.17. The molecule has 1 aromatic carbocycles. The van der Waals surface area contributed by atoms with E-state index in [1.54, 1.807) is 6.07 Å². The van der Waals surface area contributed by atoms with Crippen molar-refractivity contribution in [1.82, 2.24) is 5.32 Å². The van der Waals surface area contributed by atoms with Gasteiger partial charge in [-0.25, -0.2) is 0 Å². The molecule has 0 heterocycles. The van der Waals surface area contributed by atoms with Crippen molar-refractivity contribution in [3.63, 3.8) is 0 Å². The largest absolute Gasteiger partial charge is 0.492 e. The third kappa shape index (κ3) is 2.79. The van der Waals surface area contributed by atoms with E-state index in [0.29, 0.717) is 30.7 Å². The minimum Gasteiger partial charge on any atom is -0.492 e. The lowest BCUT2D eigenvalue weighted by Gasteiger charge is -2.17. The first-order chi connectivity index (χ1) is 9.72. The van der Waals surface area contributed by atoms with Crippen molar-refractivity contribution in [2.24, 2.45) is 17.8 Å². The number of ether oxygens (including phenoxy) is 1. The summed E-state index contributed by atoms with van der Waals surface area (Å²) in [6.45, 7) is 0.997. The highest BCUT2D eigenvalue weighted by atomic mass is 16.5. The minimum absolute atomic E-state index is 0.164. The van der Waals surface area contributed by atoms with Crippen LogP contribution in [0.1, 0.15) is 12.8 Å². The summed E-state index contributed by atoms with van der Waals surface area (Å²) in [5.41, 5.74) is 6.35. The number of fused-ring (bicyclic) bond motifs is 2. The maximum Gasteiger partial charge on any atom is 0.223 e. The van der Waals surface area contributed by atoms with Crippen LogP contribution in [0.2, 0.25) is 0 Å². The van der Waals surface area contributed by atoms with Gasteiger partial charge in [-0.05, 0) is 36.8 Å². The van der Waals surface area contributed by atoms with Gasteiger partial charge in [0.1, 0.15) is 12.4 Å². The molecule has 0 spiro atoms. The topological polar surface area (TPSA) is 64.3 Å². The van der Waals surface area contributed by atoms with Crippen molar-refractivity contribution < 1.29 is 9.53 Å². The number of hydrogen-bond donors (Lipinski definition) is 2. The molecule has 2 aliphatic rings. The predicted octanol–water partition coefficient (Wildman–Crippen LogP) is 1.98. The Labute approximate surface area is 119 Å². The molecule has 1 amide bonds. The summed E-state index contributed by atoms with van der Waals surface area (Å²) in [5, 5.41) is 2.97. The lowest BCUT2D eigenvalue weighted by Crippen LogP contribution is -2.35. The fraction of sp³-hybridized carbons (Fsp3) is 0.438. The number of nitrogens with two attached hydrogens (primary N) is 1. The zero-order valence-electron chi connectivity index (χ0n) is 11.4. The van der Waals surface area contributed by atoms with Crippen LogP contribution in [0.5, 0.6) is 5.75 Å². The summed E-state index contributed by atoms with van der Waals surface area (Å²) >= 11 is 0. The second-order valence-corrected chi connectivity index (χ2v) is 5.60. The number of hydrogen-bond acceptors (Lipinski definition) is 3. The first-order valence-electron chi connectivity index (χ1n) is 7.17. The molecule has 2 aliphatic carbocycles. The van der Waals surface area contributed by atoms with E-state index in [4.69, 9.17) is 10.5 Å². The Morgan fingerprint density at radius 3 is 2.95 bits per heavy atom. The van der Waals surface area contributed by atoms with Gasteiger partial charge < -0.3 is 15.8 Å². The van der Waals surface area contributed by atoms with Crippen molar-refractivity contribution >= 4 is 11.6 Å². The normalized spacial score (nSPS) is 26.7. The quantitative estimate of drug-likeness (QED) is 0.489. The Hall–Kier alpha value is -1.97. The summed E-state index contributed by atoms with van der Waals surface area (Å²) in [6.07, 6.45) is 6.60. The van der Waals surface area contributed by atoms with Crippen molar-refractivity contribution in [3.8, 4) is 5.75 Å². The second-order valence-electron chi connectivity index (χ2n) is 5.60. The van der Waals surface area contributed by atoms with Gasteiger partial charge in [-0.1, -0.05) is 18.2 Å². The van der Waals surface area contributed by atoms with Gasteiger partial charge in [-0.3, -0.25) is 4.79 Å². The number of carbonyl (C=O) groups is 1. The lowest BCUT2D eigenvalue weighted by molar-refractivity contribution is -0.125. The molecule has 3 rings (SSSR count). The lowest BCUT2D eigenvalue weighted by atomic mass is 9.93. The van der Waals surface area contributed by atoms with E-state index in [-0.39, 0.29) is 11.8 Å². The standard InChI is InChI=1S/C16H20N2O2/c17-13-2-1-3-14(10-13)20-7-6-18-16(19)15-9-11-4-5-12(15)8-11/h1-5,10-12,15H,6-9,17H2,(H,18,19). The first kappa shape index (κ1) is 13.0. The molecule has 0 aromatic heterocycles. The number of carbonyl (C=O) groups excluding carboxylic acids is 1. The zero-order chi connectivity index (χ0) is 13.9. The monoisotopic (exact) mass is 272 g/mol. The third-order valence-corrected chi connectivity index (χ3v) is 4.14. The molecular formula is C16H20N2O2. The highest BCUT2D eigenvalue weighted by molar-refractivity contribution is 5.79. The minimum atomic E-state index is 0.164. The van der Waals surface area contributed by atoms with Crippen LogP contribution < -0.4 is 15.8 Å². The van der Waals surface area contributed by atoms with Crippen LogP contribution in [0.3, 0.4) is 0 Å². The molecule has 0 radical (unpaired) electrons. The molecule has 1 saturated carbocycles. The molecule has 4 nitrogen and oxygen atoms in total. The van der Waals surface area contributed by atoms with Gasteiger partial charge in [0.25, 0.3) is 0 Å². The van der Waals surface area contributed by atoms with Crippen LogP contribution in [0.25, 0.3) is 0 Å². The summed E-state index contributed by atoms with van der Waals surface area (Å²) in [7, 11) is 0. The summed E-state index contributed by atoms with van der Waals surface area (Å²) in [6, 6.07) is 7.31. The van der Waals surface area contributed by atoms with Crippen LogP contribution in [0.15, 0.2) is 36.4 Å². The number of benzene rings is 1. The van der Waals surface area contributed by atoms with Gasteiger partial charge in [-0.15, -0.1) is 0 Å². The Morgan fingerprint density at radius 2 is 2.25 bits per heavy atom. The third-order valence-electron chi connectivity index (χ3n) is 4.14. The van der Waals surface area contributed by atoms with Crippen LogP contribution in [-0.2, 0) is 4.79 Å². The fourth-order valence-corrected chi connectivity index (χ4v) is 3.16. The van der Waals surface area contributed by atoms with Crippen molar-refractivity contribution in [1.29, 1.82) is 0 Å². The Balaban J connectivity index is 1.40. The van der Waals surface area contributed by atoms with Gasteiger partial charge >= 0.3 is 0 Å². The molecule has 0 saturated heterocycles. The zero-order valence-corrected chi connectivity index (χ0v) is 11.4. The van der Waals surface area contributed by atoms with E-state index < -0.39 is 0 Å². The molecule has 3 atom stereocenters. The van der Waals surface area contributed by atoms with Crippen molar-refractivity contribution in [3.05, 3.63) is 36.4 Å². The van der Waals surface area contributed by atoms with Crippen LogP contribution in [0.4, 0.5) is 5.69 Å². The molecule has 4 heteroatoms. The van der Waals surface area contributed by atoms with Gasteiger partial charge in [0, 0.05) is 17.7 Å². The second kappa shape index (κ2) is 5.57. The maximum atomic E-state index is 12.1. The molecule has 20 heavy (non-hydrogen) atoms. The predicted molar refractivity (Wildman–Crippen MR) is 78.2 cm³/mol. The molecule has 2 bridgehead atoms. The summed E-state index contributed by atoms with van der Waals surface area (Å²) in [4.78, 5) is 12.1. The number of nitrogens with one attached hydrogen (secondary N) is 1. The smallest absolute Gasteiger partial charge is 0.223 e. The highest BCUT2D eigenvalue weighted by Gasteiger charge is 2.39. The highest BCUT2D eigenvalue weighted by Crippen LogP contribution is 2.43. The van der Waals surface area contributed by atoms with E-state index >= 15 is 0 Å². The van der Waals surface area contributed by atoms with Crippen LogP contribution >= 0.6 is 0 Å². The van der Waals surface area contributed by atoms with E-state index in [9.17, 15) is 4.79 Å². The summed E-state index contributed by atoms with van der Waals surface area (Å²) in [5.74, 6) is 2.15. The van der Waals surface area contributed by atoms with E-state index in [2.05, 4.69) is 17.5 Å². The fourth-order valence-electron chi connectivity index (χ4n) is 3.16. The Bertz CT molecular complexity index is 527. The van der Waals surface area contributed by atoms with Gasteiger partial charge in [-0.2, -0.15) is 0 Å². The van der Waals surface area contributed by atoms with Crippen molar-refractivity contribution in [2.45, 2.75) is 12.8 Å². The number of amides is 1. The number of rotatable bonds is 5. The Morgan fingerprint density at radius 1 is 1.35 bits per heavy atom. The number of anilines is 1. The molecule has 3 N–H and O–H groups in total. The van der Waals surface area contributed by atoms with Crippen molar-refractivity contribution in [2.75, 3.05) is 18.9 Å². The molecule has 1 aromatic rings. The SMILES string of the molecule is Nc1cccc(OCCNC(=O)C2CC3C=CC2C3)c1. The van der Waals surface area contributed by atoms with E-state index in [1.807, 2.05) is 18.2 Å².